The van der Waals surface area contributed by atoms with Crippen LogP contribution in [-0.2, 0) is 16.6 Å². The van der Waals surface area contributed by atoms with Gasteiger partial charge in [-0.25, -0.2) is 26.8 Å². The molecule has 1 N–H and O–H groups in total. The van der Waals surface area contributed by atoms with Crippen LogP contribution in [0.5, 0.6) is 0 Å². The van der Waals surface area contributed by atoms with Crippen molar-refractivity contribution in [1.29, 1.82) is 0 Å². The summed E-state index contributed by atoms with van der Waals surface area (Å²) in [5, 5.41) is 7.61. The van der Waals surface area contributed by atoms with Gasteiger partial charge in [0.25, 0.3) is 15.9 Å². The molecule has 9 nitrogen and oxygen atoms in total. The number of pyridine rings is 2. The van der Waals surface area contributed by atoms with Gasteiger partial charge in [0.2, 0.25) is 0 Å². The van der Waals surface area contributed by atoms with E-state index in [9.17, 15) is 17.6 Å². The molecule has 0 aliphatic heterocycles. The summed E-state index contributed by atoms with van der Waals surface area (Å²) >= 11 is 0. The highest BCUT2D eigenvalue weighted by Gasteiger charge is 2.19. The average Bonchev–Trinajstić information content (AvgIpc) is 3.22. The molecular weight excluding hydrogens is 435 g/mol. The molecule has 0 saturated heterocycles. The van der Waals surface area contributed by atoms with Crippen LogP contribution >= 0.6 is 0 Å². The lowest BCUT2D eigenvalue weighted by Crippen LogP contribution is -2.24. The summed E-state index contributed by atoms with van der Waals surface area (Å²) in [6.45, 7) is 0.149. The number of carbonyl (C=O) groups excluding carboxylic acids is 1. The Morgan fingerprint density at radius 3 is 2.47 bits per heavy atom. The van der Waals surface area contributed by atoms with Crippen molar-refractivity contribution in [2.45, 2.75) is 11.6 Å². The Morgan fingerprint density at radius 2 is 1.81 bits per heavy atom. The second-order valence-corrected chi connectivity index (χ2v) is 9.23. The molecule has 0 radical (unpaired) electrons. The Hall–Kier alpha value is -3.70. The SMILES string of the molecule is CN(C)S(=O)(=O)c1ccc(CNC(=O)c2cncc3c2cnn3-c2ccc(F)cc2)cn1. The molecule has 32 heavy (non-hydrogen) atoms. The molecule has 0 bridgehead atoms. The number of carbonyl (C=O) groups is 1. The molecule has 0 fully saturated rings. The van der Waals surface area contributed by atoms with Crippen molar-refractivity contribution in [1.82, 2.24) is 29.4 Å². The minimum atomic E-state index is -3.62. The van der Waals surface area contributed by atoms with Crippen LogP contribution < -0.4 is 5.32 Å². The lowest BCUT2D eigenvalue weighted by molar-refractivity contribution is 0.0952. The number of hydrogen-bond acceptors (Lipinski definition) is 6. The van der Waals surface area contributed by atoms with Crippen LogP contribution in [0.25, 0.3) is 16.6 Å². The summed E-state index contributed by atoms with van der Waals surface area (Å²) in [4.78, 5) is 20.9. The topological polar surface area (TPSA) is 110 Å². The van der Waals surface area contributed by atoms with Crippen LogP contribution in [0, 0.1) is 5.82 Å². The van der Waals surface area contributed by atoms with Gasteiger partial charge in [-0.3, -0.25) is 9.78 Å². The highest BCUT2D eigenvalue weighted by atomic mass is 32.2. The summed E-state index contributed by atoms with van der Waals surface area (Å²) < 4.78 is 40.1. The normalized spacial score (nSPS) is 11.8. The van der Waals surface area contributed by atoms with Crippen molar-refractivity contribution in [3.05, 3.63) is 78.1 Å². The molecule has 0 aliphatic rings. The lowest BCUT2D eigenvalue weighted by atomic mass is 10.1. The number of rotatable bonds is 6. The Kier molecular flexibility index (Phi) is 5.68. The Bertz CT molecular complexity index is 1380. The molecular formula is C21H19FN6O3S. The van der Waals surface area contributed by atoms with Gasteiger partial charge in [0.1, 0.15) is 5.82 Å². The zero-order valence-corrected chi connectivity index (χ0v) is 18.0. The number of halogens is 1. The molecule has 3 heterocycles. The molecule has 1 amide bonds. The second-order valence-electron chi connectivity index (χ2n) is 7.13. The maximum absolute atomic E-state index is 13.2. The molecule has 164 valence electrons. The van der Waals surface area contributed by atoms with E-state index < -0.39 is 10.0 Å². The maximum atomic E-state index is 13.2. The largest absolute Gasteiger partial charge is 0.348 e. The van der Waals surface area contributed by atoms with Crippen molar-refractivity contribution in [2.24, 2.45) is 0 Å². The van der Waals surface area contributed by atoms with E-state index in [1.54, 1.807) is 35.3 Å². The van der Waals surface area contributed by atoms with Crippen molar-refractivity contribution >= 4 is 26.8 Å². The van der Waals surface area contributed by atoms with E-state index in [4.69, 9.17) is 0 Å². The third-order valence-corrected chi connectivity index (χ3v) is 6.54. The molecule has 1 aromatic carbocycles. The number of benzene rings is 1. The fourth-order valence-electron chi connectivity index (χ4n) is 3.04. The number of aromatic nitrogens is 4. The molecule has 4 aromatic rings. The summed E-state index contributed by atoms with van der Waals surface area (Å²) in [7, 11) is -0.762. The fourth-order valence-corrected chi connectivity index (χ4v) is 3.84. The zero-order chi connectivity index (χ0) is 22.9. The van der Waals surface area contributed by atoms with Gasteiger partial charge in [0, 0.05) is 38.4 Å². The van der Waals surface area contributed by atoms with E-state index in [-0.39, 0.29) is 23.3 Å². The van der Waals surface area contributed by atoms with Crippen LogP contribution in [0.4, 0.5) is 4.39 Å². The van der Waals surface area contributed by atoms with E-state index in [1.165, 1.54) is 44.7 Å². The van der Waals surface area contributed by atoms with E-state index >= 15 is 0 Å². The number of amides is 1. The predicted octanol–water partition coefficient (Wildman–Crippen LogP) is 2.13. The first-order chi connectivity index (χ1) is 15.3. The van der Waals surface area contributed by atoms with Crippen molar-refractivity contribution in [2.75, 3.05) is 14.1 Å². The van der Waals surface area contributed by atoms with Gasteiger partial charge < -0.3 is 5.32 Å². The smallest absolute Gasteiger partial charge is 0.260 e. The lowest BCUT2D eigenvalue weighted by Gasteiger charge is -2.11. The van der Waals surface area contributed by atoms with Gasteiger partial charge in [0.05, 0.1) is 29.2 Å². The third-order valence-electron chi connectivity index (χ3n) is 4.81. The van der Waals surface area contributed by atoms with Crippen LogP contribution in [0.2, 0.25) is 0 Å². The number of nitrogens with zero attached hydrogens (tertiary/aromatic N) is 5. The van der Waals surface area contributed by atoms with Gasteiger partial charge >= 0.3 is 0 Å². The fraction of sp³-hybridized carbons (Fsp3) is 0.143. The van der Waals surface area contributed by atoms with Gasteiger partial charge in [0.15, 0.2) is 5.03 Å². The minimum absolute atomic E-state index is 0.0697. The van der Waals surface area contributed by atoms with Gasteiger partial charge in [-0.2, -0.15) is 5.10 Å². The van der Waals surface area contributed by atoms with E-state index in [0.29, 0.717) is 27.7 Å². The van der Waals surface area contributed by atoms with Crippen molar-refractivity contribution in [3.8, 4) is 5.69 Å². The van der Waals surface area contributed by atoms with Crippen LogP contribution in [0.15, 0.2) is 66.2 Å². The van der Waals surface area contributed by atoms with E-state index in [1.807, 2.05) is 0 Å². The van der Waals surface area contributed by atoms with Crippen molar-refractivity contribution < 1.29 is 17.6 Å². The number of sulfonamides is 1. The summed E-state index contributed by atoms with van der Waals surface area (Å²) in [6, 6.07) is 8.82. The first-order valence-corrected chi connectivity index (χ1v) is 10.9. The Balaban J connectivity index is 1.53. The molecule has 0 spiro atoms. The number of fused-ring (bicyclic) bond motifs is 1. The monoisotopic (exact) mass is 454 g/mol. The second kappa shape index (κ2) is 8.44. The van der Waals surface area contributed by atoms with E-state index in [2.05, 4.69) is 20.4 Å². The standard InChI is InChI=1S/C21H19FN6O3S/c1-27(2)32(30,31)20-8-3-14(9-24-20)10-25-21(29)18-11-23-13-19-17(18)12-26-28(19)16-6-4-15(22)5-7-16/h3-9,11-13H,10H2,1-2H3,(H,25,29). The highest BCUT2D eigenvalue weighted by molar-refractivity contribution is 7.89. The molecule has 0 saturated carbocycles. The molecule has 4 rings (SSSR count). The quantitative estimate of drug-likeness (QED) is 0.478. The van der Waals surface area contributed by atoms with Gasteiger partial charge in [-0.15, -0.1) is 0 Å². The first kappa shape index (κ1) is 21.5. The van der Waals surface area contributed by atoms with Crippen molar-refractivity contribution in [3.63, 3.8) is 0 Å². The van der Waals surface area contributed by atoms with E-state index in [0.717, 1.165) is 4.31 Å². The minimum Gasteiger partial charge on any atom is -0.348 e. The van der Waals surface area contributed by atoms with Crippen LogP contribution in [0.3, 0.4) is 0 Å². The highest BCUT2D eigenvalue weighted by Crippen LogP contribution is 2.21. The molecule has 3 aromatic heterocycles. The van der Waals surface area contributed by atoms with Gasteiger partial charge in [-0.05, 0) is 35.9 Å². The average molecular weight is 454 g/mol. The summed E-state index contributed by atoms with van der Waals surface area (Å²) in [5.74, 6) is -0.725. The first-order valence-electron chi connectivity index (χ1n) is 9.51. The Morgan fingerprint density at radius 1 is 1.06 bits per heavy atom. The van der Waals surface area contributed by atoms with Crippen LogP contribution in [-0.4, -0.2) is 52.5 Å². The number of nitrogens with one attached hydrogen (secondary N) is 1. The summed E-state index contributed by atoms with van der Waals surface area (Å²) in [5.41, 5.74) is 2.21. The Labute approximate surface area is 183 Å². The number of hydrogen-bond donors (Lipinski definition) is 1. The van der Waals surface area contributed by atoms with Gasteiger partial charge in [-0.1, -0.05) is 6.07 Å². The van der Waals surface area contributed by atoms with Crippen LogP contribution in [0.1, 0.15) is 15.9 Å². The third kappa shape index (κ3) is 4.07. The molecule has 0 unspecified atom stereocenters. The zero-order valence-electron chi connectivity index (χ0n) is 17.2. The predicted molar refractivity (Wildman–Crippen MR) is 115 cm³/mol. The molecule has 0 atom stereocenters. The molecule has 11 heteroatoms. The molecule has 0 aliphatic carbocycles. The summed E-state index contributed by atoms with van der Waals surface area (Å²) in [6.07, 6.45) is 5.98. The maximum Gasteiger partial charge on any atom is 0.260 e.